The van der Waals surface area contributed by atoms with Gasteiger partial charge in [-0.2, -0.15) is 0 Å². The van der Waals surface area contributed by atoms with E-state index in [1.807, 2.05) is 18.2 Å². The molecule has 0 atom stereocenters. The normalized spacial score (nSPS) is 10.6. The topological polar surface area (TPSA) is 55.8 Å². The van der Waals surface area contributed by atoms with Crippen LogP contribution < -0.4 is 9.47 Å². The third-order valence-corrected chi connectivity index (χ3v) is 3.70. The lowest BCUT2D eigenvalue weighted by atomic mass is 9.93. The highest BCUT2D eigenvalue weighted by molar-refractivity contribution is 5.93. The Kier molecular flexibility index (Phi) is 4.71. The van der Waals surface area contributed by atoms with Crippen LogP contribution in [0, 0.1) is 0 Å². The van der Waals surface area contributed by atoms with Crippen LogP contribution in [0.2, 0.25) is 0 Å². The highest BCUT2D eigenvalue weighted by Crippen LogP contribution is 2.40. The Morgan fingerprint density at radius 3 is 2.18 bits per heavy atom. The molecule has 1 N–H and O–H groups in total. The fourth-order valence-corrected chi connectivity index (χ4v) is 2.40. The van der Waals surface area contributed by atoms with Crippen LogP contribution in [-0.4, -0.2) is 25.6 Å². The molecule has 0 radical (unpaired) electrons. The Hall–Kier alpha value is -2.49. The van der Waals surface area contributed by atoms with Crippen LogP contribution in [0.4, 0.5) is 0 Å². The Morgan fingerprint density at radius 2 is 1.64 bits per heavy atom. The maximum Gasteiger partial charge on any atom is 0.169 e. The van der Waals surface area contributed by atoms with Gasteiger partial charge in [-0.1, -0.05) is 19.9 Å². The number of ether oxygens (including phenoxy) is 2. The van der Waals surface area contributed by atoms with Crippen LogP contribution >= 0.6 is 0 Å². The first-order valence-corrected chi connectivity index (χ1v) is 7.06. The number of aromatic hydroxyl groups is 1. The second-order valence-corrected chi connectivity index (χ2v) is 5.31. The number of phenolic OH excluding ortho intramolecular Hbond substituents is 1. The number of carbonyl (C=O) groups excluding carboxylic acids is 1. The molecule has 4 heteroatoms. The number of methoxy groups -OCH3 is 2. The highest BCUT2D eigenvalue weighted by atomic mass is 16.5. The van der Waals surface area contributed by atoms with E-state index >= 15 is 0 Å². The summed E-state index contributed by atoms with van der Waals surface area (Å²) in [5.41, 5.74) is 2.71. The molecule has 0 aliphatic rings. The van der Waals surface area contributed by atoms with Gasteiger partial charge in [0.25, 0.3) is 0 Å². The molecule has 0 fully saturated rings. The third-order valence-electron chi connectivity index (χ3n) is 3.70. The van der Waals surface area contributed by atoms with Gasteiger partial charge in [0.05, 0.1) is 19.8 Å². The molecule has 116 valence electrons. The first kappa shape index (κ1) is 15.9. The van der Waals surface area contributed by atoms with Gasteiger partial charge in [-0.05, 0) is 41.3 Å². The molecule has 0 aromatic heterocycles. The molecule has 0 bridgehead atoms. The van der Waals surface area contributed by atoms with Crippen molar-refractivity contribution < 1.29 is 19.4 Å². The highest BCUT2D eigenvalue weighted by Gasteiger charge is 2.17. The molecule has 0 heterocycles. The molecule has 0 spiro atoms. The first-order valence-electron chi connectivity index (χ1n) is 7.06. The van der Waals surface area contributed by atoms with Crippen molar-refractivity contribution in [3.05, 3.63) is 41.5 Å². The van der Waals surface area contributed by atoms with E-state index in [0.717, 1.165) is 11.1 Å². The molecule has 4 nitrogen and oxygen atoms in total. The lowest BCUT2D eigenvalue weighted by molar-refractivity contribution is 0.112. The molecule has 0 saturated carbocycles. The van der Waals surface area contributed by atoms with Crippen LogP contribution in [0.5, 0.6) is 17.2 Å². The SMILES string of the molecule is COc1ccc(C(C)C)cc1-c1ccc(OC)c(O)c1C=O. The monoisotopic (exact) mass is 300 g/mol. The minimum atomic E-state index is -0.160. The van der Waals surface area contributed by atoms with E-state index in [1.165, 1.54) is 7.11 Å². The molecular formula is C18H20O4. The minimum absolute atomic E-state index is 0.160. The van der Waals surface area contributed by atoms with Crippen molar-refractivity contribution in [1.29, 1.82) is 0 Å². The van der Waals surface area contributed by atoms with Crippen molar-refractivity contribution in [2.75, 3.05) is 14.2 Å². The van der Waals surface area contributed by atoms with Crippen LogP contribution in [0.15, 0.2) is 30.3 Å². The van der Waals surface area contributed by atoms with Crippen molar-refractivity contribution >= 4 is 6.29 Å². The van der Waals surface area contributed by atoms with Gasteiger partial charge in [0.1, 0.15) is 5.75 Å². The molecule has 2 aromatic rings. The standard InChI is InChI=1S/C18H20O4/c1-11(2)12-5-7-16(21-3)14(9-12)13-6-8-17(22-4)18(20)15(13)10-19/h5-11,20H,1-4H3. The maximum atomic E-state index is 11.5. The van der Waals surface area contributed by atoms with Crippen molar-refractivity contribution in [1.82, 2.24) is 0 Å². The summed E-state index contributed by atoms with van der Waals surface area (Å²) in [6.45, 7) is 4.19. The van der Waals surface area contributed by atoms with Gasteiger partial charge < -0.3 is 14.6 Å². The molecule has 0 aliphatic carbocycles. The van der Waals surface area contributed by atoms with Gasteiger partial charge in [-0.3, -0.25) is 4.79 Å². The lowest BCUT2D eigenvalue weighted by Crippen LogP contribution is -1.97. The Labute approximate surface area is 130 Å². The van der Waals surface area contributed by atoms with Gasteiger partial charge in [-0.25, -0.2) is 0 Å². The van der Waals surface area contributed by atoms with Gasteiger partial charge >= 0.3 is 0 Å². The van der Waals surface area contributed by atoms with E-state index < -0.39 is 0 Å². The summed E-state index contributed by atoms with van der Waals surface area (Å²) in [7, 11) is 3.03. The van der Waals surface area contributed by atoms with Crippen molar-refractivity contribution in [3.63, 3.8) is 0 Å². The van der Waals surface area contributed by atoms with Crippen molar-refractivity contribution in [2.24, 2.45) is 0 Å². The van der Waals surface area contributed by atoms with E-state index in [9.17, 15) is 9.90 Å². The number of carbonyl (C=O) groups is 1. The fraction of sp³-hybridized carbons (Fsp3) is 0.278. The zero-order valence-electron chi connectivity index (χ0n) is 13.2. The molecule has 22 heavy (non-hydrogen) atoms. The minimum Gasteiger partial charge on any atom is -0.504 e. The summed E-state index contributed by atoms with van der Waals surface area (Å²) in [5, 5.41) is 10.2. The van der Waals surface area contributed by atoms with Gasteiger partial charge in [0.2, 0.25) is 0 Å². The van der Waals surface area contributed by atoms with Crippen LogP contribution in [0.1, 0.15) is 35.7 Å². The summed E-state index contributed by atoms with van der Waals surface area (Å²) in [5.74, 6) is 1.10. The Morgan fingerprint density at radius 1 is 1.00 bits per heavy atom. The predicted molar refractivity (Wildman–Crippen MR) is 86.1 cm³/mol. The van der Waals surface area contributed by atoms with Crippen molar-refractivity contribution in [2.45, 2.75) is 19.8 Å². The summed E-state index contributed by atoms with van der Waals surface area (Å²) in [6.07, 6.45) is 0.634. The van der Waals surface area contributed by atoms with E-state index in [-0.39, 0.29) is 17.1 Å². The number of aldehydes is 1. The number of rotatable bonds is 5. The molecule has 0 saturated heterocycles. The maximum absolute atomic E-state index is 11.5. The smallest absolute Gasteiger partial charge is 0.169 e. The quantitative estimate of drug-likeness (QED) is 0.848. The molecule has 2 aromatic carbocycles. The van der Waals surface area contributed by atoms with E-state index in [4.69, 9.17) is 9.47 Å². The molecule has 0 aliphatic heterocycles. The molecule has 2 rings (SSSR count). The van der Waals surface area contributed by atoms with E-state index in [0.29, 0.717) is 23.5 Å². The summed E-state index contributed by atoms with van der Waals surface area (Å²) in [4.78, 5) is 11.5. The fourth-order valence-electron chi connectivity index (χ4n) is 2.40. The van der Waals surface area contributed by atoms with Crippen molar-refractivity contribution in [3.8, 4) is 28.4 Å². The largest absolute Gasteiger partial charge is 0.504 e. The first-order chi connectivity index (χ1) is 10.5. The second-order valence-electron chi connectivity index (χ2n) is 5.31. The van der Waals surface area contributed by atoms with E-state index in [2.05, 4.69) is 13.8 Å². The van der Waals surface area contributed by atoms with Crippen LogP contribution in [0.25, 0.3) is 11.1 Å². The zero-order chi connectivity index (χ0) is 16.3. The zero-order valence-corrected chi connectivity index (χ0v) is 13.2. The number of phenols is 1. The summed E-state index contributed by atoms with van der Waals surface area (Å²) < 4.78 is 10.5. The summed E-state index contributed by atoms with van der Waals surface area (Å²) >= 11 is 0. The molecule has 0 amide bonds. The second kappa shape index (κ2) is 6.52. The molecular weight excluding hydrogens is 280 g/mol. The Bertz CT molecular complexity index is 690. The molecule has 0 unspecified atom stereocenters. The average Bonchev–Trinajstić information content (AvgIpc) is 2.53. The Balaban J connectivity index is 2.72. The lowest BCUT2D eigenvalue weighted by Gasteiger charge is -2.16. The van der Waals surface area contributed by atoms with Gasteiger partial charge in [0.15, 0.2) is 17.8 Å². The number of hydrogen-bond acceptors (Lipinski definition) is 4. The number of benzene rings is 2. The van der Waals surface area contributed by atoms with Crippen LogP contribution in [0.3, 0.4) is 0 Å². The summed E-state index contributed by atoms with van der Waals surface area (Å²) in [6, 6.07) is 9.25. The van der Waals surface area contributed by atoms with E-state index in [1.54, 1.807) is 19.2 Å². The number of hydrogen-bond donors (Lipinski definition) is 1. The predicted octanol–water partition coefficient (Wildman–Crippen LogP) is 4.01. The third kappa shape index (κ3) is 2.77. The van der Waals surface area contributed by atoms with Crippen LogP contribution in [-0.2, 0) is 0 Å². The van der Waals surface area contributed by atoms with Gasteiger partial charge in [-0.15, -0.1) is 0 Å². The average molecular weight is 300 g/mol. The van der Waals surface area contributed by atoms with Gasteiger partial charge in [0, 0.05) is 5.56 Å².